The molecule has 0 spiro atoms. The van der Waals surface area contributed by atoms with Crippen LogP contribution in [0.4, 0.5) is 8.78 Å². The molecule has 8 heteroatoms. The smallest absolute Gasteiger partial charge is 0.269 e. The Morgan fingerprint density at radius 2 is 1.76 bits per heavy atom. The van der Waals surface area contributed by atoms with Crippen LogP contribution in [0.25, 0.3) is 5.70 Å². The number of nitrogens with zero attached hydrogens (tertiary/aromatic N) is 2. The zero-order valence-corrected chi connectivity index (χ0v) is 17.1. The summed E-state index contributed by atoms with van der Waals surface area (Å²) in [4.78, 5) is 16.8. The Morgan fingerprint density at radius 3 is 2.41 bits per heavy atom. The van der Waals surface area contributed by atoms with Gasteiger partial charge in [-0.05, 0) is 22.9 Å². The molecule has 0 aliphatic carbocycles. The minimum absolute atomic E-state index is 0.0206. The Labute approximate surface area is 175 Å². The van der Waals surface area contributed by atoms with Crippen LogP contribution in [0, 0.1) is 5.41 Å². The highest BCUT2D eigenvalue weighted by molar-refractivity contribution is 8.19. The number of halogens is 2. The first-order valence-electron chi connectivity index (χ1n) is 8.81. The van der Waals surface area contributed by atoms with Crippen LogP contribution < -0.4 is 0 Å². The highest BCUT2D eigenvalue weighted by Crippen LogP contribution is 2.45. The molecule has 2 aliphatic rings. The molecule has 2 aliphatic heterocycles. The lowest BCUT2D eigenvalue weighted by Gasteiger charge is -2.19. The van der Waals surface area contributed by atoms with E-state index in [4.69, 9.17) is 5.41 Å². The number of hydrogen-bond donors (Lipinski definition) is 1. The lowest BCUT2D eigenvalue weighted by molar-refractivity contribution is -0.122. The monoisotopic (exact) mass is 429 g/mol. The summed E-state index contributed by atoms with van der Waals surface area (Å²) in [6.07, 6.45) is -2.50. The molecule has 2 heterocycles. The zero-order chi connectivity index (χ0) is 20.5. The number of thioether (sulfide) groups is 2. The highest BCUT2D eigenvalue weighted by Gasteiger charge is 2.37. The number of amides is 1. The summed E-state index contributed by atoms with van der Waals surface area (Å²) in [6.45, 7) is 0.353. The number of nitrogens with one attached hydrogen (secondary N) is 1. The molecule has 148 valence electrons. The molecule has 0 radical (unpaired) electrons. The molecule has 0 bridgehead atoms. The van der Waals surface area contributed by atoms with Gasteiger partial charge >= 0.3 is 0 Å². The summed E-state index contributed by atoms with van der Waals surface area (Å²) in [6, 6.07) is 15.7. The molecular weight excluding hydrogens is 412 g/mol. The number of rotatable bonds is 4. The maximum atomic E-state index is 13.0. The molecule has 29 heavy (non-hydrogen) atoms. The molecule has 1 amide bonds. The van der Waals surface area contributed by atoms with Gasteiger partial charge in [-0.15, -0.1) is 0 Å². The van der Waals surface area contributed by atoms with Gasteiger partial charge in [0.2, 0.25) is 0 Å². The van der Waals surface area contributed by atoms with Gasteiger partial charge in [0.1, 0.15) is 4.91 Å². The molecule has 2 aromatic carbocycles. The minimum Gasteiger partial charge on any atom is -0.337 e. The van der Waals surface area contributed by atoms with Crippen molar-refractivity contribution < 1.29 is 13.6 Å². The second kappa shape index (κ2) is 8.04. The summed E-state index contributed by atoms with van der Waals surface area (Å²) in [5, 5.41) is 11.1. The summed E-state index contributed by atoms with van der Waals surface area (Å²) in [5.74, 6) is -0.194. The molecule has 4 nitrogen and oxygen atoms in total. The van der Waals surface area contributed by atoms with E-state index in [1.807, 2.05) is 47.7 Å². The van der Waals surface area contributed by atoms with E-state index in [1.54, 1.807) is 12.1 Å². The Hall–Kier alpha value is -2.58. The van der Waals surface area contributed by atoms with Crippen molar-refractivity contribution in [1.82, 2.24) is 9.80 Å². The highest BCUT2D eigenvalue weighted by atomic mass is 32.2. The van der Waals surface area contributed by atoms with Gasteiger partial charge in [0, 0.05) is 18.0 Å². The van der Waals surface area contributed by atoms with Crippen LogP contribution in [0.15, 0.2) is 69.9 Å². The number of hydrogen-bond acceptors (Lipinski definition) is 5. The first-order chi connectivity index (χ1) is 14.0. The van der Waals surface area contributed by atoms with Crippen molar-refractivity contribution in [2.24, 2.45) is 0 Å². The lowest BCUT2D eigenvalue weighted by atomic mass is 10.1. The number of carbonyl (C=O) groups is 1. The average molecular weight is 430 g/mol. The Kier molecular flexibility index (Phi) is 5.47. The van der Waals surface area contributed by atoms with Crippen LogP contribution in [0.1, 0.15) is 23.1 Å². The molecule has 0 saturated carbocycles. The summed E-state index contributed by atoms with van der Waals surface area (Å²) >= 11 is 2.56. The van der Waals surface area contributed by atoms with Crippen LogP contribution in [0.5, 0.6) is 0 Å². The van der Waals surface area contributed by atoms with Gasteiger partial charge in [-0.25, -0.2) is 8.78 Å². The third-order valence-electron chi connectivity index (χ3n) is 4.67. The second-order valence-electron chi connectivity index (χ2n) is 6.52. The number of benzene rings is 2. The van der Waals surface area contributed by atoms with Crippen LogP contribution in [-0.4, -0.2) is 27.9 Å². The van der Waals surface area contributed by atoms with Crippen LogP contribution in [0.2, 0.25) is 0 Å². The predicted octanol–water partition coefficient (Wildman–Crippen LogP) is 5.48. The number of carbonyl (C=O) groups excluding carboxylic acids is 1. The van der Waals surface area contributed by atoms with Gasteiger partial charge in [0.15, 0.2) is 5.17 Å². The van der Waals surface area contributed by atoms with Gasteiger partial charge in [0.25, 0.3) is 12.3 Å². The second-order valence-corrected chi connectivity index (χ2v) is 8.38. The quantitative estimate of drug-likeness (QED) is 0.654. The van der Waals surface area contributed by atoms with Crippen molar-refractivity contribution in [3.63, 3.8) is 0 Å². The van der Waals surface area contributed by atoms with Crippen molar-refractivity contribution in [2.45, 2.75) is 13.0 Å². The van der Waals surface area contributed by atoms with Crippen LogP contribution in [0.3, 0.4) is 0 Å². The van der Waals surface area contributed by atoms with E-state index in [0.29, 0.717) is 11.4 Å². The standard InChI is InChI=1S/C21H17F2N3OS2/c1-25-16(14-7-9-15(10-8-14)18(22)23)12-28-20(25)17-19(27)26(21(24)29-17)11-13-5-3-2-4-6-13/h2-10,12,18,24H,11H2,1H3/b20-17-,24-21?. The third kappa shape index (κ3) is 3.82. The van der Waals surface area contributed by atoms with Gasteiger partial charge in [-0.2, -0.15) is 0 Å². The molecule has 2 aromatic rings. The summed E-state index contributed by atoms with van der Waals surface area (Å²) in [7, 11) is 1.84. The first kappa shape index (κ1) is 19.7. The topological polar surface area (TPSA) is 47.4 Å². The fourth-order valence-corrected chi connectivity index (χ4v) is 5.21. The van der Waals surface area contributed by atoms with Gasteiger partial charge in [-0.1, -0.05) is 66.4 Å². The van der Waals surface area contributed by atoms with Crippen molar-refractivity contribution >= 4 is 40.3 Å². The Morgan fingerprint density at radius 1 is 1.07 bits per heavy atom. The lowest BCUT2D eigenvalue weighted by Crippen LogP contribution is -2.28. The van der Waals surface area contributed by atoms with Crippen molar-refractivity contribution in [3.05, 3.63) is 86.6 Å². The zero-order valence-electron chi connectivity index (χ0n) is 15.4. The molecule has 1 N–H and O–H groups in total. The maximum Gasteiger partial charge on any atom is 0.269 e. The fourth-order valence-electron chi connectivity index (χ4n) is 3.10. The van der Waals surface area contributed by atoms with Crippen LogP contribution >= 0.6 is 23.5 Å². The third-order valence-corrected chi connectivity index (χ3v) is 6.83. The molecule has 4 rings (SSSR count). The van der Waals surface area contributed by atoms with E-state index in [1.165, 1.54) is 28.8 Å². The summed E-state index contributed by atoms with van der Waals surface area (Å²) in [5.41, 5.74) is 2.57. The van der Waals surface area contributed by atoms with Gasteiger partial charge in [0.05, 0.1) is 17.3 Å². The number of amidine groups is 1. The molecule has 0 unspecified atom stereocenters. The first-order valence-corrected chi connectivity index (χ1v) is 10.5. The number of alkyl halides is 2. The molecular formula is C21H17F2N3OS2. The minimum atomic E-state index is -2.50. The van der Waals surface area contributed by atoms with E-state index < -0.39 is 6.43 Å². The van der Waals surface area contributed by atoms with Crippen molar-refractivity contribution in [2.75, 3.05) is 7.05 Å². The van der Waals surface area contributed by atoms with E-state index in [9.17, 15) is 13.6 Å². The molecule has 1 saturated heterocycles. The van der Waals surface area contributed by atoms with Gasteiger partial charge < -0.3 is 4.90 Å². The van der Waals surface area contributed by atoms with Crippen LogP contribution in [-0.2, 0) is 11.3 Å². The van der Waals surface area contributed by atoms with Gasteiger partial charge in [-0.3, -0.25) is 15.1 Å². The molecule has 0 atom stereocenters. The average Bonchev–Trinajstić information content (AvgIpc) is 3.23. The van der Waals surface area contributed by atoms with E-state index in [-0.39, 0.29) is 16.6 Å². The largest absolute Gasteiger partial charge is 0.337 e. The molecule has 1 fully saturated rings. The van der Waals surface area contributed by atoms with E-state index >= 15 is 0 Å². The van der Waals surface area contributed by atoms with Crippen molar-refractivity contribution in [1.29, 1.82) is 5.41 Å². The summed E-state index contributed by atoms with van der Waals surface area (Å²) < 4.78 is 25.6. The Balaban J connectivity index is 1.55. The predicted molar refractivity (Wildman–Crippen MR) is 114 cm³/mol. The van der Waals surface area contributed by atoms with E-state index in [0.717, 1.165) is 33.6 Å². The van der Waals surface area contributed by atoms with Crippen molar-refractivity contribution in [3.8, 4) is 0 Å². The fraction of sp³-hybridized carbons (Fsp3) is 0.143. The maximum absolute atomic E-state index is 13.0. The molecule has 0 aromatic heterocycles. The SMILES string of the molecule is CN1C(c2ccc(C(F)F)cc2)=CS/C1=C1\SC(=N)N(Cc2ccccc2)C1=O. The normalized spacial score (nSPS) is 19.5. The van der Waals surface area contributed by atoms with E-state index in [2.05, 4.69) is 0 Å². The Bertz CT molecular complexity index is 1020.